The number of fused-ring (bicyclic) bond motifs is 2. The number of nitrogens with one attached hydrogen (secondary N) is 2. The molecule has 2 N–H and O–H groups in total. The average molecular weight is 459 g/mol. The van der Waals surface area contributed by atoms with Crippen molar-refractivity contribution in [2.24, 2.45) is 11.0 Å². The summed E-state index contributed by atoms with van der Waals surface area (Å²) in [6, 6.07) is 20.7. The molecule has 0 aliphatic carbocycles. The van der Waals surface area contributed by atoms with Gasteiger partial charge in [-0.25, -0.2) is 8.78 Å². The highest BCUT2D eigenvalue weighted by atomic mass is 19.1. The number of hydrogen-bond donors (Lipinski definition) is 2. The third-order valence-corrected chi connectivity index (χ3v) is 7.56. The molecular weight excluding hydrogens is 434 g/mol. The van der Waals surface area contributed by atoms with Crippen LogP contribution in [-0.2, 0) is 10.3 Å². The molecule has 6 rings (SSSR count). The summed E-state index contributed by atoms with van der Waals surface area (Å²) >= 11 is 0. The van der Waals surface area contributed by atoms with E-state index in [0.717, 1.165) is 28.1 Å². The van der Waals surface area contributed by atoms with Crippen LogP contribution in [-0.4, -0.2) is 30.1 Å². The number of hydrazone groups is 1. The number of nitrogens with zero attached hydrogens (tertiary/aromatic N) is 2. The number of amides is 1. The van der Waals surface area contributed by atoms with Gasteiger partial charge >= 0.3 is 0 Å². The second kappa shape index (κ2) is 7.74. The molecule has 3 aliphatic heterocycles. The summed E-state index contributed by atoms with van der Waals surface area (Å²) in [6.07, 6.45) is 0.596. The summed E-state index contributed by atoms with van der Waals surface area (Å²) in [5, 5.41) is 7.83. The summed E-state index contributed by atoms with van der Waals surface area (Å²) in [7, 11) is 1.97. The first-order valence-electron chi connectivity index (χ1n) is 11.4. The van der Waals surface area contributed by atoms with Crippen LogP contribution in [0.4, 0.5) is 14.5 Å². The minimum atomic E-state index is -0.923. The van der Waals surface area contributed by atoms with Crippen LogP contribution in [0.25, 0.3) is 0 Å². The van der Waals surface area contributed by atoms with E-state index in [4.69, 9.17) is 5.10 Å². The maximum atomic E-state index is 13.7. The first-order valence-corrected chi connectivity index (χ1v) is 11.4. The van der Waals surface area contributed by atoms with Crippen LogP contribution in [0.2, 0.25) is 0 Å². The van der Waals surface area contributed by atoms with E-state index in [1.807, 2.05) is 31.3 Å². The maximum Gasteiger partial charge on any atom is 0.250 e. The lowest BCUT2D eigenvalue weighted by Gasteiger charge is -2.36. The van der Waals surface area contributed by atoms with Crippen LogP contribution < -0.4 is 10.7 Å². The van der Waals surface area contributed by atoms with Crippen molar-refractivity contribution in [2.75, 3.05) is 18.9 Å². The van der Waals surface area contributed by atoms with E-state index in [0.29, 0.717) is 13.0 Å². The summed E-state index contributed by atoms with van der Waals surface area (Å²) in [6.45, 7) is 0.623. The van der Waals surface area contributed by atoms with Crippen molar-refractivity contribution >= 4 is 17.3 Å². The minimum absolute atomic E-state index is 0.0602. The number of likely N-dealkylation sites (N-methyl/N-ethyl adjacent to an activating group) is 1. The molecule has 0 aromatic heterocycles. The summed E-state index contributed by atoms with van der Waals surface area (Å²) in [5.41, 5.74) is 6.84. The van der Waals surface area contributed by atoms with Crippen LogP contribution in [0.15, 0.2) is 77.9 Å². The molecular formula is C27H24F2N4O. The second-order valence-electron chi connectivity index (χ2n) is 9.32. The molecule has 1 unspecified atom stereocenters. The summed E-state index contributed by atoms with van der Waals surface area (Å²) < 4.78 is 27.2. The third-order valence-electron chi connectivity index (χ3n) is 7.56. The fraction of sp³-hybridized carbons (Fsp3) is 0.259. The number of para-hydroxylation sites is 1. The van der Waals surface area contributed by atoms with Crippen LogP contribution >= 0.6 is 0 Å². The summed E-state index contributed by atoms with van der Waals surface area (Å²) in [4.78, 5) is 15.8. The predicted octanol–water partition coefficient (Wildman–Crippen LogP) is 4.55. The van der Waals surface area contributed by atoms with Gasteiger partial charge in [-0.1, -0.05) is 42.5 Å². The van der Waals surface area contributed by atoms with Gasteiger partial charge in [-0.15, -0.1) is 0 Å². The van der Waals surface area contributed by atoms with E-state index in [-0.39, 0.29) is 35.4 Å². The van der Waals surface area contributed by atoms with E-state index in [2.05, 4.69) is 15.6 Å². The molecule has 0 bridgehead atoms. The van der Waals surface area contributed by atoms with Crippen LogP contribution in [0.1, 0.15) is 35.1 Å². The zero-order valence-corrected chi connectivity index (χ0v) is 18.6. The molecule has 1 saturated heterocycles. The fourth-order valence-electron chi connectivity index (χ4n) is 6.05. The van der Waals surface area contributed by atoms with Crippen molar-refractivity contribution in [1.29, 1.82) is 0 Å². The van der Waals surface area contributed by atoms with E-state index in [1.54, 1.807) is 24.3 Å². The van der Waals surface area contributed by atoms with E-state index < -0.39 is 5.54 Å². The highest BCUT2D eigenvalue weighted by Gasteiger charge is 2.63. The van der Waals surface area contributed by atoms with Crippen molar-refractivity contribution < 1.29 is 13.6 Å². The van der Waals surface area contributed by atoms with Crippen molar-refractivity contribution in [3.05, 3.63) is 101 Å². The number of likely N-dealkylation sites (tertiary alicyclic amines) is 1. The second-order valence-corrected chi connectivity index (χ2v) is 9.32. The number of carbonyl (C=O) groups is 1. The lowest BCUT2D eigenvalue weighted by Crippen LogP contribution is -2.51. The van der Waals surface area contributed by atoms with Gasteiger partial charge < -0.3 is 10.7 Å². The van der Waals surface area contributed by atoms with Crippen LogP contribution in [0.5, 0.6) is 0 Å². The van der Waals surface area contributed by atoms with Gasteiger partial charge in [-0.3, -0.25) is 9.69 Å². The Morgan fingerprint density at radius 1 is 0.941 bits per heavy atom. The number of halogens is 2. The van der Waals surface area contributed by atoms with E-state index in [1.165, 1.54) is 24.3 Å². The topological polar surface area (TPSA) is 56.7 Å². The Kier molecular flexibility index (Phi) is 4.78. The summed E-state index contributed by atoms with van der Waals surface area (Å²) in [5.74, 6) is -0.963. The van der Waals surface area contributed by atoms with Gasteiger partial charge in [0, 0.05) is 41.8 Å². The van der Waals surface area contributed by atoms with Gasteiger partial charge in [0.1, 0.15) is 17.2 Å². The Labute approximate surface area is 196 Å². The van der Waals surface area contributed by atoms with Crippen molar-refractivity contribution in [3.63, 3.8) is 0 Å². The Bertz CT molecular complexity index is 1290. The highest BCUT2D eigenvalue weighted by Crippen LogP contribution is 2.56. The molecule has 3 aromatic carbocycles. The third kappa shape index (κ3) is 3.00. The van der Waals surface area contributed by atoms with Crippen molar-refractivity contribution in [3.8, 4) is 0 Å². The Morgan fingerprint density at radius 3 is 2.29 bits per heavy atom. The minimum Gasteiger partial charge on any atom is -0.324 e. The molecule has 1 spiro atoms. The molecule has 4 atom stereocenters. The molecule has 1 fully saturated rings. The number of carbonyl (C=O) groups excluding carboxylic acids is 1. The largest absolute Gasteiger partial charge is 0.324 e. The SMILES string of the molecule is CN1C[C@H](c2ccc(F)cc2)[C@@H](C2=NNC(c3ccc(F)cc3)C2)[C@@]12C(=O)Nc1ccccc12. The lowest BCUT2D eigenvalue weighted by atomic mass is 9.70. The van der Waals surface area contributed by atoms with Gasteiger partial charge in [-0.2, -0.15) is 5.10 Å². The molecule has 7 heteroatoms. The zero-order valence-electron chi connectivity index (χ0n) is 18.6. The molecule has 172 valence electrons. The first kappa shape index (κ1) is 21.0. The number of benzene rings is 3. The van der Waals surface area contributed by atoms with Crippen LogP contribution in [0.3, 0.4) is 0 Å². The molecule has 0 saturated carbocycles. The number of rotatable bonds is 3. The van der Waals surface area contributed by atoms with Crippen LogP contribution in [0, 0.1) is 17.6 Å². The van der Waals surface area contributed by atoms with Gasteiger partial charge in [-0.05, 0) is 48.5 Å². The fourth-order valence-corrected chi connectivity index (χ4v) is 6.05. The Hall–Kier alpha value is -3.58. The van der Waals surface area contributed by atoms with Crippen molar-refractivity contribution in [1.82, 2.24) is 10.3 Å². The van der Waals surface area contributed by atoms with E-state index in [9.17, 15) is 13.6 Å². The molecule has 34 heavy (non-hydrogen) atoms. The molecule has 0 radical (unpaired) electrons. The predicted molar refractivity (Wildman–Crippen MR) is 126 cm³/mol. The lowest BCUT2D eigenvalue weighted by molar-refractivity contribution is -0.126. The molecule has 3 heterocycles. The Morgan fingerprint density at radius 2 is 1.59 bits per heavy atom. The smallest absolute Gasteiger partial charge is 0.250 e. The standard InChI is InChI=1S/C27H24F2N4O/c1-33-15-20(16-6-10-18(28)11-7-16)25(27(33)21-4-2-3-5-22(21)30-26(27)34)24-14-23(31-32-24)17-8-12-19(29)13-9-17/h2-13,20,23,25,31H,14-15H2,1H3,(H,30,34)/t20-,23?,25+,27+/m1/s1. The van der Waals surface area contributed by atoms with E-state index >= 15 is 0 Å². The number of anilines is 1. The normalized spacial score (nSPS) is 28.0. The molecule has 3 aromatic rings. The van der Waals surface area contributed by atoms with Gasteiger partial charge in [0.25, 0.3) is 0 Å². The molecule has 1 amide bonds. The molecule has 3 aliphatic rings. The maximum absolute atomic E-state index is 13.7. The monoisotopic (exact) mass is 458 g/mol. The van der Waals surface area contributed by atoms with Gasteiger partial charge in [0.05, 0.1) is 6.04 Å². The van der Waals surface area contributed by atoms with Gasteiger partial charge in [0.15, 0.2) is 0 Å². The number of hydrogen-bond acceptors (Lipinski definition) is 4. The van der Waals surface area contributed by atoms with Gasteiger partial charge in [0.2, 0.25) is 5.91 Å². The highest BCUT2D eigenvalue weighted by molar-refractivity contribution is 6.10. The van der Waals surface area contributed by atoms with Crippen molar-refractivity contribution in [2.45, 2.75) is 23.9 Å². The zero-order chi connectivity index (χ0) is 23.4. The first-order chi connectivity index (χ1) is 16.5. The quantitative estimate of drug-likeness (QED) is 0.606. The molecule has 5 nitrogen and oxygen atoms in total. The Balaban J connectivity index is 1.45. The average Bonchev–Trinajstić information content (AvgIpc) is 3.51.